The summed E-state index contributed by atoms with van der Waals surface area (Å²) in [6.07, 6.45) is 5.11. The average molecular weight is 338 g/mol. The number of ether oxygens (including phenoxy) is 1. The predicted octanol–water partition coefficient (Wildman–Crippen LogP) is 1.36. The van der Waals surface area contributed by atoms with Crippen LogP contribution in [0.1, 0.15) is 0 Å². The van der Waals surface area contributed by atoms with Crippen LogP contribution in [0.5, 0.6) is 0 Å². The maximum Gasteiger partial charge on any atom is 0.135 e. The molecule has 0 saturated carbocycles. The molecule has 4 rings (SSSR count). The van der Waals surface area contributed by atoms with Crippen LogP contribution in [-0.4, -0.2) is 49.5 Å². The molecule has 0 spiro atoms. The number of hydrogen-bond donors (Lipinski definition) is 2. The third-order valence-corrected chi connectivity index (χ3v) is 4.21. The maximum atomic E-state index is 9.30. The maximum absolute atomic E-state index is 9.30. The van der Waals surface area contributed by atoms with Gasteiger partial charge in [-0.3, -0.25) is 4.68 Å². The van der Waals surface area contributed by atoms with Crippen LogP contribution >= 0.6 is 0 Å². The molecular formula is C17H18N6O2. The first kappa shape index (κ1) is 15.6. The van der Waals surface area contributed by atoms with Crippen LogP contribution in [0.15, 0.2) is 42.9 Å². The van der Waals surface area contributed by atoms with E-state index >= 15 is 0 Å². The zero-order chi connectivity index (χ0) is 17.4. The molecule has 128 valence electrons. The second kappa shape index (κ2) is 6.15. The van der Waals surface area contributed by atoms with Crippen LogP contribution in [-0.2, 0) is 11.3 Å². The van der Waals surface area contributed by atoms with Crippen molar-refractivity contribution in [3.8, 4) is 5.69 Å². The van der Waals surface area contributed by atoms with Crippen LogP contribution < -0.4 is 5.73 Å². The molecule has 1 atom stereocenters. The molecule has 0 saturated heterocycles. The molecule has 1 unspecified atom stereocenters. The van der Waals surface area contributed by atoms with Crippen LogP contribution in [0, 0.1) is 0 Å². The van der Waals surface area contributed by atoms with Gasteiger partial charge in [-0.1, -0.05) is 0 Å². The lowest BCUT2D eigenvalue weighted by atomic mass is 10.1. The van der Waals surface area contributed by atoms with E-state index in [1.165, 1.54) is 0 Å². The Morgan fingerprint density at radius 2 is 2.20 bits per heavy atom. The number of nitrogens with two attached hydrogens (primary N) is 1. The second-order valence-corrected chi connectivity index (χ2v) is 5.80. The summed E-state index contributed by atoms with van der Waals surface area (Å²) in [4.78, 5) is 4.51. The predicted molar refractivity (Wildman–Crippen MR) is 94.5 cm³/mol. The standard InChI is InChI=1S/C17H18N6O2/c1-25-12(10-24)8-22-9-14-16(21-22)13-4-3-11(23-6-2-5-19-23)7-15(13)20-17(14)18/h2-7,9,12,24H,8,10H2,1H3,(H2,18,20). The van der Waals surface area contributed by atoms with E-state index in [-0.39, 0.29) is 12.7 Å². The minimum absolute atomic E-state index is 0.0750. The van der Waals surface area contributed by atoms with Crippen molar-refractivity contribution in [1.29, 1.82) is 0 Å². The highest BCUT2D eigenvalue weighted by molar-refractivity contribution is 6.07. The molecule has 0 fully saturated rings. The first-order chi connectivity index (χ1) is 12.2. The highest BCUT2D eigenvalue weighted by Gasteiger charge is 2.14. The van der Waals surface area contributed by atoms with E-state index < -0.39 is 0 Å². The van der Waals surface area contributed by atoms with Crippen LogP contribution in [0.25, 0.3) is 27.5 Å². The summed E-state index contributed by atoms with van der Waals surface area (Å²) in [6.45, 7) is 0.363. The molecule has 4 aromatic rings. The summed E-state index contributed by atoms with van der Waals surface area (Å²) in [5, 5.41) is 19.8. The second-order valence-electron chi connectivity index (χ2n) is 5.80. The van der Waals surface area contributed by atoms with Crippen LogP contribution in [0.2, 0.25) is 0 Å². The Kier molecular flexibility index (Phi) is 3.83. The molecule has 1 aromatic carbocycles. The average Bonchev–Trinajstić information content (AvgIpc) is 3.29. The normalized spacial score (nSPS) is 12.9. The molecule has 8 nitrogen and oxygen atoms in total. The number of benzene rings is 1. The zero-order valence-corrected chi connectivity index (χ0v) is 13.7. The highest BCUT2D eigenvalue weighted by Crippen LogP contribution is 2.28. The van der Waals surface area contributed by atoms with Gasteiger partial charge in [0.2, 0.25) is 0 Å². The van der Waals surface area contributed by atoms with E-state index in [1.54, 1.807) is 22.7 Å². The van der Waals surface area contributed by atoms with E-state index in [2.05, 4.69) is 15.2 Å². The fourth-order valence-electron chi connectivity index (χ4n) is 2.88. The van der Waals surface area contributed by atoms with Gasteiger partial charge in [0, 0.05) is 31.1 Å². The Balaban J connectivity index is 1.84. The number of fused-ring (bicyclic) bond motifs is 3. The Hall–Kier alpha value is -2.97. The summed E-state index contributed by atoms with van der Waals surface area (Å²) < 4.78 is 8.71. The van der Waals surface area contributed by atoms with Gasteiger partial charge in [-0.25, -0.2) is 9.67 Å². The van der Waals surface area contributed by atoms with Crippen molar-refractivity contribution < 1.29 is 9.84 Å². The van der Waals surface area contributed by atoms with Gasteiger partial charge in [-0.15, -0.1) is 0 Å². The summed E-state index contributed by atoms with van der Waals surface area (Å²) in [7, 11) is 1.56. The van der Waals surface area contributed by atoms with Crippen molar-refractivity contribution in [2.75, 3.05) is 19.5 Å². The number of rotatable bonds is 5. The first-order valence-corrected chi connectivity index (χ1v) is 7.89. The van der Waals surface area contributed by atoms with Crippen LogP contribution in [0.4, 0.5) is 5.82 Å². The number of nitrogens with zero attached hydrogens (tertiary/aromatic N) is 5. The van der Waals surface area contributed by atoms with Gasteiger partial charge in [0.1, 0.15) is 11.3 Å². The molecule has 0 aliphatic heterocycles. The molecule has 0 aliphatic rings. The van der Waals surface area contributed by atoms with Crippen molar-refractivity contribution in [2.24, 2.45) is 0 Å². The van der Waals surface area contributed by atoms with Gasteiger partial charge in [-0.2, -0.15) is 10.2 Å². The van der Waals surface area contributed by atoms with Gasteiger partial charge in [0.25, 0.3) is 0 Å². The third kappa shape index (κ3) is 2.71. The number of pyridine rings is 1. The summed E-state index contributed by atoms with van der Waals surface area (Å²) in [6, 6.07) is 7.74. The Labute approximate surface area is 143 Å². The number of hydrogen-bond acceptors (Lipinski definition) is 6. The van der Waals surface area contributed by atoms with Crippen molar-refractivity contribution in [3.05, 3.63) is 42.9 Å². The van der Waals surface area contributed by atoms with E-state index in [1.807, 2.05) is 36.7 Å². The van der Waals surface area contributed by atoms with Gasteiger partial charge in [0.15, 0.2) is 0 Å². The zero-order valence-electron chi connectivity index (χ0n) is 13.7. The highest BCUT2D eigenvalue weighted by atomic mass is 16.5. The summed E-state index contributed by atoms with van der Waals surface area (Å²) >= 11 is 0. The Morgan fingerprint density at radius 1 is 1.32 bits per heavy atom. The molecule has 0 bridgehead atoms. The van der Waals surface area contributed by atoms with Gasteiger partial charge < -0.3 is 15.6 Å². The van der Waals surface area contributed by atoms with Crippen molar-refractivity contribution in [1.82, 2.24) is 24.5 Å². The number of aromatic nitrogens is 5. The summed E-state index contributed by atoms with van der Waals surface area (Å²) in [5.41, 5.74) is 8.58. The minimum atomic E-state index is -0.318. The van der Waals surface area contributed by atoms with Crippen LogP contribution in [0.3, 0.4) is 0 Å². The van der Waals surface area contributed by atoms with Gasteiger partial charge in [-0.05, 0) is 24.3 Å². The van der Waals surface area contributed by atoms with E-state index in [9.17, 15) is 5.11 Å². The number of aliphatic hydroxyl groups excluding tert-OH is 1. The summed E-state index contributed by atoms with van der Waals surface area (Å²) in [5.74, 6) is 0.421. The smallest absolute Gasteiger partial charge is 0.135 e. The molecule has 0 radical (unpaired) electrons. The van der Waals surface area contributed by atoms with Crippen molar-refractivity contribution >= 4 is 27.6 Å². The molecular weight excluding hydrogens is 320 g/mol. The van der Waals surface area contributed by atoms with E-state index in [0.29, 0.717) is 12.4 Å². The fraction of sp³-hybridized carbons (Fsp3) is 0.235. The molecule has 3 heterocycles. The monoisotopic (exact) mass is 338 g/mol. The number of anilines is 1. The molecule has 8 heteroatoms. The van der Waals surface area contributed by atoms with Crippen molar-refractivity contribution in [2.45, 2.75) is 12.6 Å². The molecule has 0 aliphatic carbocycles. The number of methoxy groups -OCH3 is 1. The molecule has 3 N–H and O–H groups in total. The van der Waals surface area contributed by atoms with E-state index in [4.69, 9.17) is 10.5 Å². The minimum Gasteiger partial charge on any atom is -0.394 e. The Morgan fingerprint density at radius 3 is 2.92 bits per heavy atom. The van der Waals surface area contributed by atoms with Gasteiger partial charge >= 0.3 is 0 Å². The lowest BCUT2D eigenvalue weighted by Gasteiger charge is -2.11. The Bertz CT molecular complexity index is 1020. The number of aliphatic hydroxyl groups is 1. The quantitative estimate of drug-likeness (QED) is 0.569. The first-order valence-electron chi connectivity index (χ1n) is 7.89. The molecule has 25 heavy (non-hydrogen) atoms. The topological polar surface area (TPSA) is 104 Å². The SMILES string of the molecule is COC(CO)Cn1cc2c(N)nc3cc(-n4cccn4)ccc3c2n1. The molecule has 0 amide bonds. The lowest BCUT2D eigenvalue weighted by Crippen LogP contribution is -2.22. The van der Waals surface area contributed by atoms with E-state index in [0.717, 1.165) is 27.5 Å². The largest absolute Gasteiger partial charge is 0.394 e. The fourth-order valence-corrected chi connectivity index (χ4v) is 2.88. The lowest BCUT2D eigenvalue weighted by molar-refractivity contribution is 0.0350. The van der Waals surface area contributed by atoms with Crippen molar-refractivity contribution in [3.63, 3.8) is 0 Å². The number of nitrogen functional groups attached to an aromatic ring is 1. The molecule has 3 aromatic heterocycles. The third-order valence-electron chi connectivity index (χ3n) is 4.21. The van der Waals surface area contributed by atoms with Gasteiger partial charge in [0.05, 0.1) is 35.8 Å².